The maximum atomic E-state index is 12.0. The number of benzene rings is 2. The Bertz CT molecular complexity index is 1210. The van der Waals surface area contributed by atoms with Crippen LogP contribution < -0.4 is 11.1 Å². The molecular weight excluding hydrogens is 458 g/mol. The number of aromatic nitrogens is 1. The van der Waals surface area contributed by atoms with E-state index in [0.717, 1.165) is 18.7 Å². The van der Waals surface area contributed by atoms with E-state index in [1.165, 1.54) is 40.4 Å². The molecule has 1 aliphatic heterocycles. The van der Waals surface area contributed by atoms with Crippen molar-refractivity contribution < 1.29 is 14.4 Å². The number of fused-ring (bicyclic) bond motifs is 1. The second kappa shape index (κ2) is 11.0. The largest absolute Gasteiger partial charge is 0.368 e. The Labute approximate surface area is 212 Å². The Morgan fingerprint density at radius 2 is 1.60 bits per heavy atom. The molecule has 0 fully saturated rings. The first-order valence-electron chi connectivity index (χ1n) is 11.6. The van der Waals surface area contributed by atoms with E-state index in [2.05, 4.69) is 97.5 Å². The number of primary amides is 1. The van der Waals surface area contributed by atoms with Crippen LogP contribution in [0.4, 0.5) is 0 Å². The molecule has 0 aliphatic carbocycles. The Kier molecular flexibility index (Phi) is 8.22. The zero-order chi connectivity index (χ0) is 25.8. The molecule has 1 aliphatic rings. The summed E-state index contributed by atoms with van der Waals surface area (Å²) in [6.07, 6.45) is 1.36. The van der Waals surface area contributed by atoms with Crippen LogP contribution in [0.3, 0.4) is 0 Å². The average molecular weight is 492 g/mol. The fourth-order valence-electron chi connectivity index (χ4n) is 4.52. The van der Waals surface area contributed by atoms with E-state index in [-0.39, 0.29) is 23.0 Å². The summed E-state index contributed by atoms with van der Waals surface area (Å²) in [5, 5.41) is 2.14. The van der Waals surface area contributed by atoms with Crippen LogP contribution in [0.15, 0.2) is 54.6 Å². The number of amides is 2. The van der Waals surface area contributed by atoms with E-state index < -0.39 is 5.91 Å². The predicted octanol–water partition coefficient (Wildman–Crippen LogP) is 4.32. The van der Waals surface area contributed by atoms with Gasteiger partial charge in [-0.05, 0) is 29.9 Å². The van der Waals surface area contributed by atoms with Gasteiger partial charge >= 0.3 is 0 Å². The molecule has 3 aromatic rings. The SMILES string of the molecule is CC(=O)NCC(N)=O.Cc1ccc(-c2c(-c3ccccc3)c3n(c2CC(=O)S)CC(C)(C)C3)cc1. The van der Waals surface area contributed by atoms with Crippen molar-refractivity contribution >= 4 is 29.6 Å². The standard InChI is InChI=1S/C24H25NOS.C4H8N2O2/c1-16-9-11-18(12-10-16)22-19(13-21(26)27)25-15-24(2,3)14-20(25)23(22)17-7-5-4-6-8-17;1-3(7)6-2-4(5)8/h4-12H,13-15H2,1-3H3,(H,26,27);2H2,1H3,(H2,5,8)(H,6,7). The lowest BCUT2D eigenvalue weighted by molar-refractivity contribution is -0.123. The molecule has 2 heterocycles. The number of aryl methyl sites for hydroxylation is 1. The van der Waals surface area contributed by atoms with E-state index in [1.807, 2.05) is 6.07 Å². The van der Waals surface area contributed by atoms with Gasteiger partial charge in [-0.15, -0.1) is 12.6 Å². The van der Waals surface area contributed by atoms with Crippen molar-refractivity contribution in [2.75, 3.05) is 6.54 Å². The maximum Gasteiger partial charge on any atom is 0.236 e. The molecule has 2 amide bonds. The summed E-state index contributed by atoms with van der Waals surface area (Å²) >= 11 is 4.11. The predicted molar refractivity (Wildman–Crippen MR) is 143 cm³/mol. The van der Waals surface area contributed by atoms with E-state index in [1.54, 1.807) is 0 Å². The first kappa shape index (κ1) is 26.3. The van der Waals surface area contributed by atoms with Crippen molar-refractivity contribution in [2.45, 2.75) is 47.1 Å². The van der Waals surface area contributed by atoms with Crippen LogP contribution in [-0.2, 0) is 33.8 Å². The molecule has 4 rings (SSSR count). The minimum Gasteiger partial charge on any atom is -0.368 e. The Morgan fingerprint density at radius 3 is 2.11 bits per heavy atom. The lowest BCUT2D eigenvalue weighted by atomic mass is 9.86. The smallest absolute Gasteiger partial charge is 0.236 e. The molecule has 7 heteroatoms. The molecule has 184 valence electrons. The molecule has 1 aromatic heterocycles. The number of carbonyl (C=O) groups excluding carboxylic acids is 3. The van der Waals surface area contributed by atoms with Crippen molar-refractivity contribution in [3.05, 3.63) is 71.5 Å². The monoisotopic (exact) mass is 491 g/mol. The van der Waals surface area contributed by atoms with Crippen LogP contribution in [-0.4, -0.2) is 28.0 Å². The molecule has 0 spiro atoms. The van der Waals surface area contributed by atoms with Crippen molar-refractivity contribution in [1.82, 2.24) is 9.88 Å². The summed E-state index contributed by atoms with van der Waals surface area (Å²) in [5.41, 5.74) is 13.4. The minimum absolute atomic E-state index is 0.0741. The third-order valence-electron chi connectivity index (χ3n) is 5.94. The minimum atomic E-state index is -0.528. The van der Waals surface area contributed by atoms with Crippen LogP contribution >= 0.6 is 12.6 Å². The quantitative estimate of drug-likeness (QED) is 0.448. The molecule has 0 bridgehead atoms. The van der Waals surface area contributed by atoms with Gasteiger partial charge in [-0.2, -0.15) is 0 Å². The summed E-state index contributed by atoms with van der Waals surface area (Å²) < 4.78 is 2.38. The van der Waals surface area contributed by atoms with Crippen LogP contribution in [0.1, 0.15) is 37.7 Å². The van der Waals surface area contributed by atoms with Crippen LogP contribution in [0.2, 0.25) is 0 Å². The second-order valence-corrected chi connectivity index (χ2v) is 10.2. The van der Waals surface area contributed by atoms with Gasteiger partial charge in [0.05, 0.1) is 13.0 Å². The maximum absolute atomic E-state index is 12.0. The molecule has 3 N–H and O–H groups in total. The highest BCUT2D eigenvalue weighted by Crippen LogP contribution is 2.47. The van der Waals surface area contributed by atoms with Crippen LogP contribution in [0, 0.1) is 12.3 Å². The van der Waals surface area contributed by atoms with E-state index in [0.29, 0.717) is 6.42 Å². The van der Waals surface area contributed by atoms with E-state index in [4.69, 9.17) is 0 Å². The number of thiol groups is 1. The molecule has 0 radical (unpaired) electrons. The lowest BCUT2D eigenvalue weighted by Gasteiger charge is -2.19. The Morgan fingerprint density at radius 1 is 1.00 bits per heavy atom. The third kappa shape index (κ3) is 6.63. The number of nitrogens with zero attached hydrogens (tertiary/aromatic N) is 1. The summed E-state index contributed by atoms with van der Waals surface area (Å²) in [6, 6.07) is 19.2. The van der Waals surface area contributed by atoms with Crippen molar-refractivity contribution in [3.63, 3.8) is 0 Å². The van der Waals surface area contributed by atoms with Crippen molar-refractivity contribution in [3.8, 4) is 22.3 Å². The molecule has 35 heavy (non-hydrogen) atoms. The Balaban J connectivity index is 0.000000371. The van der Waals surface area contributed by atoms with Gasteiger partial charge in [0.2, 0.25) is 11.8 Å². The summed E-state index contributed by atoms with van der Waals surface area (Å²) in [6.45, 7) is 8.88. The lowest BCUT2D eigenvalue weighted by Crippen LogP contribution is -2.31. The van der Waals surface area contributed by atoms with Gasteiger partial charge < -0.3 is 15.6 Å². The normalized spacial score (nSPS) is 13.4. The summed E-state index contributed by atoms with van der Waals surface area (Å²) in [4.78, 5) is 31.9. The highest BCUT2D eigenvalue weighted by molar-refractivity contribution is 7.96. The number of hydrogen-bond acceptors (Lipinski definition) is 3. The van der Waals surface area contributed by atoms with Gasteiger partial charge in [-0.3, -0.25) is 14.4 Å². The summed E-state index contributed by atoms with van der Waals surface area (Å²) in [5.74, 6) is -0.774. The molecule has 0 unspecified atom stereocenters. The number of rotatable bonds is 6. The fourth-order valence-corrected chi connectivity index (χ4v) is 4.67. The Hall–Kier alpha value is -3.32. The molecule has 0 saturated heterocycles. The molecule has 2 aromatic carbocycles. The van der Waals surface area contributed by atoms with Crippen molar-refractivity contribution in [2.24, 2.45) is 11.1 Å². The summed E-state index contributed by atoms with van der Waals surface area (Å²) in [7, 11) is 0. The molecule has 6 nitrogen and oxygen atoms in total. The highest BCUT2D eigenvalue weighted by atomic mass is 32.1. The van der Waals surface area contributed by atoms with Gasteiger partial charge in [0.25, 0.3) is 0 Å². The second-order valence-electron chi connectivity index (χ2n) is 9.75. The van der Waals surface area contributed by atoms with Gasteiger partial charge in [-0.25, -0.2) is 0 Å². The zero-order valence-corrected chi connectivity index (χ0v) is 21.6. The van der Waals surface area contributed by atoms with E-state index >= 15 is 0 Å². The number of nitrogens with one attached hydrogen (secondary N) is 1. The fraction of sp³-hybridized carbons (Fsp3) is 0.321. The van der Waals surface area contributed by atoms with Crippen LogP contribution in [0.25, 0.3) is 22.3 Å². The number of nitrogens with two attached hydrogens (primary N) is 1. The van der Waals surface area contributed by atoms with Crippen molar-refractivity contribution in [1.29, 1.82) is 0 Å². The van der Waals surface area contributed by atoms with E-state index in [9.17, 15) is 14.4 Å². The number of hydrogen-bond donors (Lipinski definition) is 3. The molecule has 0 atom stereocenters. The highest BCUT2D eigenvalue weighted by Gasteiger charge is 2.36. The van der Waals surface area contributed by atoms with Gasteiger partial charge in [0.15, 0.2) is 5.12 Å². The first-order chi connectivity index (χ1) is 16.5. The van der Waals surface area contributed by atoms with Crippen LogP contribution in [0.5, 0.6) is 0 Å². The number of carbonyl (C=O) groups is 3. The van der Waals surface area contributed by atoms with Gasteiger partial charge in [-0.1, -0.05) is 74.0 Å². The topological polar surface area (TPSA) is 94.2 Å². The zero-order valence-electron chi connectivity index (χ0n) is 20.7. The molecular formula is C28H33N3O3S. The average Bonchev–Trinajstić information content (AvgIpc) is 3.24. The van der Waals surface area contributed by atoms with Gasteiger partial charge in [0.1, 0.15) is 0 Å². The third-order valence-corrected chi connectivity index (χ3v) is 6.10. The van der Waals surface area contributed by atoms with Gasteiger partial charge in [0, 0.05) is 36.0 Å². The molecule has 0 saturated carbocycles. The first-order valence-corrected chi connectivity index (χ1v) is 12.0.